The molecule has 1 amide bonds. The molecule has 134 valence electrons. The van der Waals surface area contributed by atoms with E-state index in [4.69, 9.17) is 0 Å². The van der Waals surface area contributed by atoms with Crippen LogP contribution in [-0.2, 0) is 19.6 Å². The predicted octanol–water partition coefficient (Wildman–Crippen LogP) is 0.527. The minimum Gasteiger partial charge on any atom is -0.549 e. The number of nitrogens with one attached hydrogen (secondary N) is 1. The number of hydrogen-bond donors (Lipinski definition) is 1. The first-order valence-electron chi connectivity index (χ1n) is 7.44. The van der Waals surface area contributed by atoms with Crippen molar-refractivity contribution in [3.63, 3.8) is 0 Å². The maximum Gasteiger partial charge on any atom is 0.243 e. The normalized spacial score (nSPS) is 12.8. The lowest BCUT2D eigenvalue weighted by Gasteiger charge is -2.19. The fourth-order valence-electron chi connectivity index (χ4n) is 1.91. The summed E-state index contributed by atoms with van der Waals surface area (Å²) < 4.78 is 26.2. The zero-order chi connectivity index (χ0) is 18.3. The molecule has 9 heteroatoms. The number of benzene rings is 1. The second-order valence-electron chi connectivity index (χ2n) is 4.94. The zero-order valence-corrected chi connectivity index (χ0v) is 15.4. The SMILES string of the molecule is CCN(CC)S(=O)(=O)c1cccc(NC(=O)CS[C@@H](C)C(=O)[O-])c1. The molecule has 0 heterocycles. The van der Waals surface area contributed by atoms with Gasteiger partial charge in [0.2, 0.25) is 15.9 Å². The molecule has 7 nitrogen and oxygen atoms in total. The van der Waals surface area contributed by atoms with E-state index in [0.29, 0.717) is 18.8 Å². The number of carbonyl (C=O) groups is 2. The van der Waals surface area contributed by atoms with Crippen molar-refractivity contribution in [2.75, 3.05) is 24.2 Å². The molecule has 1 atom stereocenters. The van der Waals surface area contributed by atoms with Gasteiger partial charge in [0.25, 0.3) is 0 Å². The molecular weight excluding hydrogens is 352 g/mol. The molecule has 1 rings (SSSR count). The molecule has 0 saturated carbocycles. The fraction of sp³-hybridized carbons (Fsp3) is 0.467. The Labute approximate surface area is 146 Å². The third kappa shape index (κ3) is 5.50. The maximum absolute atomic E-state index is 12.5. The highest BCUT2D eigenvalue weighted by Gasteiger charge is 2.21. The minimum absolute atomic E-state index is 0.0673. The molecular formula is C15H21N2O5S2-. The Kier molecular flexibility index (Phi) is 7.71. The quantitative estimate of drug-likeness (QED) is 0.677. The Morgan fingerprint density at radius 2 is 1.92 bits per heavy atom. The van der Waals surface area contributed by atoms with Gasteiger partial charge in [0.15, 0.2) is 0 Å². The highest BCUT2D eigenvalue weighted by atomic mass is 32.2. The Hall–Kier alpha value is -1.58. The Balaban J connectivity index is 2.82. The topological polar surface area (TPSA) is 107 Å². The molecule has 1 aromatic rings. The Morgan fingerprint density at radius 1 is 1.29 bits per heavy atom. The zero-order valence-electron chi connectivity index (χ0n) is 13.8. The van der Waals surface area contributed by atoms with Crippen molar-refractivity contribution in [1.82, 2.24) is 4.31 Å². The van der Waals surface area contributed by atoms with Gasteiger partial charge in [0.05, 0.1) is 16.6 Å². The van der Waals surface area contributed by atoms with Crippen molar-refractivity contribution in [1.29, 1.82) is 0 Å². The van der Waals surface area contributed by atoms with E-state index >= 15 is 0 Å². The van der Waals surface area contributed by atoms with E-state index in [1.54, 1.807) is 26.0 Å². The molecule has 0 aliphatic rings. The number of thioether (sulfide) groups is 1. The Bertz CT molecular complexity index is 687. The number of rotatable bonds is 9. The van der Waals surface area contributed by atoms with Gasteiger partial charge in [-0.3, -0.25) is 4.79 Å². The van der Waals surface area contributed by atoms with Gasteiger partial charge in [-0.25, -0.2) is 8.42 Å². The van der Waals surface area contributed by atoms with Gasteiger partial charge in [-0.2, -0.15) is 4.31 Å². The number of aliphatic carboxylic acids is 1. The molecule has 0 unspecified atom stereocenters. The van der Waals surface area contributed by atoms with Crippen LogP contribution in [0.15, 0.2) is 29.2 Å². The van der Waals surface area contributed by atoms with Crippen LogP contribution < -0.4 is 10.4 Å². The highest BCUT2D eigenvalue weighted by Crippen LogP contribution is 2.20. The molecule has 1 aromatic carbocycles. The molecule has 0 aliphatic carbocycles. The summed E-state index contributed by atoms with van der Waals surface area (Å²) in [5.41, 5.74) is 0.343. The first-order valence-corrected chi connectivity index (χ1v) is 9.93. The molecule has 0 spiro atoms. The second-order valence-corrected chi connectivity index (χ2v) is 8.20. The van der Waals surface area contributed by atoms with Gasteiger partial charge in [0, 0.05) is 24.0 Å². The van der Waals surface area contributed by atoms with Gasteiger partial charge < -0.3 is 15.2 Å². The molecule has 0 fully saturated rings. The number of anilines is 1. The largest absolute Gasteiger partial charge is 0.549 e. The van der Waals surface area contributed by atoms with Crippen molar-refractivity contribution in [2.45, 2.75) is 30.9 Å². The lowest BCUT2D eigenvalue weighted by atomic mass is 10.3. The summed E-state index contributed by atoms with van der Waals surface area (Å²) >= 11 is 0.933. The molecule has 0 bridgehead atoms. The molecule has 1 N–H and O–H groups in total. The van der Waals surface area contributed by atoms with Gasteiger partial charge in [-0.1, -0.05) is 19.9 Å². The monoisotopic (exact) mass is 373 g/mol. The third-order valence-electron chi connectivity index (χ3n) is 3.26. The van der Waals surface area contributed by atoms with Crippen molar-refractivity contribution in [3.8, 4) is 0 Å². The fourth-order valence-corrected chi connectivity index (χ4v) is 4.03. The first kappa shape index (κ1) is 20.5. The first-order chi connectivity index (χ1) is 11.2. The third-order valence-corrected chi connectivity index (χ3v) is 6.42. The van der Waals surface area contributed by atoms with E-state index < -0.39 is 27.1 Å². The van der Waals surface area contributed by atoms with Crippen LogP contribution in [0.4, 0.5) is 5.69 Å². The number of sulfonamides is 1. The average Bonchev–Trinajstić information content (AvgIpc) is 2.53. The van der Waals surface area contributed by atoms with Crippen molar-refractivity contribution < 1.29 is 23.1 Å². The van der Waals surface area contributed by atoms with Gasteiger partial charge >= 0.3 is 0 Å². The number of amides is 1. The van der Waals surface area contributed by atoms with Crippen LogP contribution in [0.5, 0.6) is 0 Å². The van der Waals surface area contributed by atoms with Crippen LogP contribution in [-0.4, -0.2) is 48.7 Å². The van der Waals surface area contributed by atoms with Crippen LogP contribution in [0.1, 0.15) is 20.8 Å². The van der Waals surface area contributed by atoms with Gasteiger partial charge in [-0.15, -0.1) is 11.8 Å². The van der Waals surface area contributed by atoms with Crippen molar-refractivity contribution in [3.05, 3.63) is 24.3 Å². The predicted molar refractivity (Wildman–Crippen MR) is 92.1 cm³/mol. The minimum atomic E-state index is -3.61. The molecule has 24 heavy (non-hydrogen) atoms. The van der Waals surface area contributed by atoms with E-state index in [1.165, 1.54) is 23.4 Å². The smallest absolute Gasteiger partial charge is 0.243 e. The number of nitrogens with zero attached hydrogens (tertiary/aromatic N) is 1. The van der Waals surface area contributed by atoms with Crippen LogP contribution in [0, 0.1) is 0 Å². The summed E-state index contributed by atoms with van der Waals surface area (Å²) in [5.74, 6) is -1.71. The van der Waals surface area contributed by atoms with Crippen LogP contribution >= 0.6 is 11.8 Å². The number of hydrogen-bond acceptors (Lipinski definition) is 6. The molecule has 0 radical (unpaired) electrons. The summed E-state index contributed by atoms with van der Waals surface area (Å²) in [6.07, 6.45) is 0. The van der Waals surface area contributed by atoms with Gasteiger partial charge in [-0.05, 0) is 25.1 Å². The standard InChI is InChI=1S/C15H22N2O5S2/c1-4-17(5-2)24(21,22)13-8-6-7-12(9-13)16-14(18)10-23-11(3)15(19)20/h6-9,11H,4-5,10H2,1-3H3,(H,16,18)(H,19,20)/p-1/t11-/m0/s1. The second kappa shape index (κ2) is 9.05. The lowest BCUT2D eigenvalue weighted by Crippen LogP contribution is -2.32. The molecule has 0 aromatic heterocycles. The van der Waals surface area contributed by atoms with E-state index in [0.717, 1.165) is 11.8 Å². The van der Waals surface area contributed by atoms with Crippen molar-refractivity contribution >= 4 is 39.3 Å². The molecule has 0 saturated heterocycles. The summed E-state index contributed by atoms with van der Waals surface area (Å²) in [5, 5.41) is 12.4. The van der Waals surface area contributed by atoms with Crippen LogP contribution in [0.3, 0.4) is 0 Å². The number of carbonyl (C=O) groups excluding carboxylic acids is 2. The summed E-state index contributed by atoms with van der Waals surface area (Å²) in [7, 11) is -3.61. The van der Waals surface area contributed by atoms with E-state index in [2.05, 4.69) is 5.32 Å². The molecule has 0 aliphatic heterocycles. The highest BCUT2D eigenvalue weighted by molar-refractivity contribution is 8.01. The van der Waals surface area contributed by atoms with E-state index in [1.807, 2.05) is 0 Å². The maximum atomic E-state index is 12.5. The van der Waals surface area contributed by atoms with Crippen molar-refractivity contribution in [2.24, 2.45) is 0 Å². The summed E-state index contributed by atoms with van der Waals surface area (Å²) in [4.78, 5) is 22.5. The summed E-state index contributed by atoms with van der Waals surface area (Å²) in [6.45, 7) is 5.65. The van der Waals surface area contributed by atoms with Gasteiger partial charge in [0.1, 0.15) is 0 Å². The van der Waals surface area contributed by atoms with Crippen LogP contribution in [0.25, 0.3) is 0 Å². The average molecular weight is 373 g/mol. The van der Waals surface area contributed by atoms with Crippen LogP contribution in [0.2, 0.25) is 0 Å². The number of carboxylic acid groups (broad SMARTS) is 1. The van der Waals surface area contributed by atoms with E-state index in [9.17, 15) is 23.1 Å². The van der Waals surface area contributed by atoms with E-state index in [-0.39, 0.29) is 10.6 Å². The Morgan fingerprint density at radius 3 is 2.46 bits per heavy atom. The summed E-state index contributed by atoms with van der Waals surface area (Å²) in [6, 6.07) is 5.98. The lowest BCUT2D eigenvalue weighted by molar-refractivity contribution is -0.304. The number of carboxylic acids is 1.